The first-order chi connectivity index (χ1) is 10.3. The molecule has 2 aliphatic rings. The molecule has 3 heterocycles. The molecule has 0 amide bonds. The maximum atomic E-state index is 13.3. The molecule has 2 aromatic rings. The van der Waals surface area contributed by atoms with Crippen LogP contribution in [0.3, 0.4) is 0 Å². The Bertz CT molecular complexity index is 742. The molecule has 2 aromatic heterocycles. The van der Waals surface area contributed by atoms with Gasteiger partial charge in [-0.25, -0.2) is 14.4 Å². The molecule has 21 heavy (non-hydrogen) atoms. The van der Waals surface area contributed by atoms with Crippen molar-refractivity contribution in [2.45, 2.75) is 12.8 Å². The van der Waals surface area contributed by atoms with E-state index in [2.05, 4.69) is 25.6 Å². The average Bonchev–Trinajstić information content (AvgIpc) is 3.08. The highest BCUT2D eigenvalue weighted by Crippen LogP contribution is 2.27. The number of hydrogen-bond donors (Lipinski definition) is 3. The quantitative estimate of drug-likeness (QED) is 0.808. The maximum absolute atomic E-state index is 13.3. The van der Waals surface area contributed by atoms with Crippen LogP contribution in [0.15, 0.2) is 29.1 Å². The van der Waals surface area contributed by atoms with E-state index in [1.54, 1.807) is 0 Å². The Kier molecular flexibility index (Phi) is 2.87. The van der Waals surface area contributed by atoms with E-state index in [0.29, 0.717) is 12.2 Å². The van der Waals surface area contributed by atoms with Crippen LogP contribution in [-0.4, -0.2) is 29.0 Å². The fourth-order valence-corrected chi connectivity index (χ4v) is 2.45. The lowest BCUT2D eigenvalue weighted by molar-refractivity contribution is 0.624. The van der Waals surface area contributed by atoms with E-state index in [1.807, 2.05) is 12.3 Å². The molecule has 3 N–H and O–H groups in total. The van der Waals surface area contributed by atoms with Crippen LogP contribution < -0.4 is 10.6 Å². The number of H-pyrrole nitrogens is 1. The molecule has 0 spiro atoms. The molecule has 0 unspecified atom stereocenters. The van der Waals surface area contributed by atoms with Gasteiger partial charge in [-0.2, -0.15) is 0 Å². The third-order valence-corrected chi connectivity index (χ3v) is 3.80. The van der Waals surface area contributed by atoms with Crippen molar-refractivity contribution in [2.24, 2.45) is 10.9 Å². The molecule has 1 fully saturated rings. The normalized spacial score (nSPS) is 19.9. The molecule has 0 radical (unpaired) electrons. The van der Waals surface area contributed by atoms with Gasteiger partial charge < -0.3 is 15.6 Å². The lowest BCUT2D eigenvalue weighted by Crippen LogP contribution is -2.34. The van der Waals surface area contributed by atoms with Crippen LogP contribution in [0.2, 0.25) is 0 Å². The third-order valence-electron chi connectivity index (χ3n) is 3.80. The van der Waals surface area contributed by atoms with E-state index in [-0.39, 0.29) is 5.82 Å². The van der Waals surface area contributed by atoms with Crippen molar-refractivity contribution in [3.05, 3.63) is 35.5 Å². The fraction of sp³-hybridized carbons (Fsp3) is 0.333. The van der Waals surface area contributed by atoms with Gasteiger partial charge in [0.25, 0.3) is 0 Å². The van der Waals surface area contributed by atoms with Gasteiger partial charge in [0.2, 0.25) is 0 Å². The number of halogens is 1. The monoisotopic (exact) mass is 285 g/mol. The summed E-state index contributed by atoms with van der Waals surface area (Å²) >= 11 is 0. The van der Waals surface area contributed by atoms with Crippen LogP contribution in [0.5, 0.6) is 0 Å². The summed E-state index contributed by atoms with van der Waals surface area (Å²) < 4.78 is 13.3. The number of aliphatic imine (C=N–C) groups is 1. The van der Waals surface area contributed by atoms with Gasteiger partial charge in [0.05, 0.1) is 12.7 Å². The van der Waals surface area contributed by atoms with Gasteiger partial charge in [0, 0.05) is 29.4 Å². The van der Waals surface area contributed by atoms with Gasteiger partial charge in [-0.1, -0.05) is 0 Å². The lowest BCUT2D eigenvalue weighted by Gasteiger charge is -2.05. The van der Waals surface area contributed by atoms with Gasteiger partial charge in [-0.05, 0) is 30.9 Å². The van der Waals surface area contributed by atoms with Gasteiger partial charge in [-0.15, -0.1) is 0 Å². The van der Waals surface area contributed by atoms with E-state index in [1.165, 1.54) is 25.1 Å². The highest BCUT2D eigenvalue weighted by molar-refractivity contribution is 5.89. The van der Waals surface area contributed by atoms with Crippen molar-refractivity contribution >= 4 is 23.1 Å². The predicted molar refractivity (Wildman–Crippen MR) is 80.2 cm³/mol. The number of hydrogen-bond acceptors (Lipinski definition) is 4. The summed E-state index contributed by atoms with van der Waals surface area (Å²) in [4.78, 5) is 11.5. The van der Waals surface area contributed by atoms with Crippen molar-refractivity contribution in [1.29, 1.82) is 0 Å². The SMILES string of the molecule is Fc1cnc2[nH]cc(/C=C3/CN=C(NCC4CC4)N3)c2c1. The Morgan fingerprint density at radius 1 is 1.43 bits per heavy atom. The molecule has 1 saturated carbocycles. The average molecular weight is 285 g/mol. The van der Waals surface area contributed by atoms with Crippen LogP contribution in [0, 0.1) is 11.7 Å². The molecule has 5 nitrogen and oxygen atoms in total. The molecule has 108 valence electrons. The molecule has 1 aliphatic heterocycles. The van der Waals surface area contributed by atoms with Crippen LogP contribution in [0.4, 0.5) is 4.39 Å². The Morgan fingerprint density at radius 2 is 2.33 bits per heavy atom. The molecule has 4 rings (SSSR count). The second-order valence-electron chi connectivity index (χ2n) is 5.58. The summed E-state index contributed by atoms with van der Waals surface area (Å²) in [6.07, 6.45) is 7.66. The van der Waals surface area contributed by atoms with E-state index >= 15 is 0 Å². The van der Waals surface area contributed by atoms with Crippen LogP contribution >= 0.6 is 0 Å². The van der Waals surface area contributed by atoms with E-state index < -0.39 is 0 Å². The number of aromatic nitrogens is 2. The maximum Gasteiger partial charge on any atom is 0.196 e. The van der Waals surface area contributed by atoms with Crippen LogP contribution in [-0.2, 0) is 0 Å². The molecular weight excluding hydrogens is 269 g/mol. The molecule has 6 heteroatoms. The van der Waals surface area contributed by atoms with E-state index in [9.17, 15) is 4.39 Å². The highest BCUT2D eigenvalue weighted by atomic mass is 19.1. The van der Waals surface area contributed by atoms with Crippen LogP contribution in [0.25, 0.3) is 17.1 Å². The first kappa shape index (κ1) is 12.4. The zero-order valence-electron chi connectivity index (χ0n) is 11.5. The highest BCUT2D eigenvalue weighted by Gasteiger charge is 2.22. The standard InChI is InChI=1S/C15H16FN5/c16-11-4-13-10(6-17-14(13)18-7-11)3-12-8-20-15(21-12)19-5-9-1-2-9/h3-4,6-7,9H,1-2,5,8H2,(H,17,18)(H2,19,20,21)/b12-3-. The summed E-state index contributed by atoms with van der Waals surface area (Å²) in [5.41, 5.74) is 2.60. The van der Waals surface area contributed by atoms with Gasteiger partial charge in [0.1, 0.15) is 11.5 Å². The molecular formula is C15H16FN5. The van der Waals surface area contributed by atoms with Gasteiger partial charge in [-0.3, -0.25) is 0 Å². The van der Waals surface area contributed by atoms with Crippen molar-refractivity contribution < 1.29 is 4.39 Å². The Hall–Kier alpha value is -2.37. The first-order valence-corrected chi connectivity index (χ1v) is 7.16. The van der Waals surface area contributed by atoms with Crippen molar-refractivity contribution in [3.8, 4) is 0 Å². The second-order valence-corrected chi connectivity index (χ2v) is 5.58. The predicted octanol–water partition coefficient (Wildman–Crippen LogP) is 2.00. The van der Waals surface area contributed by atoms with Crippen molar-refractivity contribution in [3.63, 3.8) is 0 Å². The van der Waals surface area contributed by atoms with Gasteiger partial charge in [0.15, 0.2) is 5.96 Å². The molecule has 0 bridgehead atoms. The smallest absolute Gasteiger partial charge is 0.196 e. The first-order valence-electron chi connectivity index (χ1n) is 7.16. The number of nitrogens with zero attached hydrogens (tertiary/aromatic N) is 2. The van der Waals surface area contributed by atoms with E-state index in [0.717, 1.165) is 35.1 Å². The summed E-state index contributed by atoms with van der Waals surface area (Å²) in [5, 5.41) is 7.36. The molecule has 0 aromatic carbocycles. The number of aromatic amines is 1. The van der Waals surface area contributed by atoms with Crippen molar-refractivity contribution in [1.82, 2.24) is 20.6 Å². The Morgan fingerprint density at radius 3 is 3.19 bits per heavy atom. The summed E-state index contributed by atoms with van der Waals surface area (Å²) in [6.45, 7) is 1.60. The van der Waals surface area contributed by atoms with Gasteiger partial charge >= 0.3 is 0 Å². The summed E-state index contributed by atoms with van der Waals surface area (Å²) in [5.74, 6) is 1.31. The third kappa shape index (κ3) is 2.61. The summed E-state index contributed by atoms with van der Waals surface area (Å²) in [7, 11) is 0. The number of rotatable bonds is 3. The minimum atomic E-state index is -0.329. The largest absolute Gasteiger partial charge is 0.356 e. The van der Waals surface area contributed by atoms with Crippen molar-refractivity contribution in [2.75, 3.05) is 13.1 Å². The minimum absolute atomic E-state index is 0.329. The number of nitrogens with one attached hydrogen (secondary N) is 3. The number of pyridine rings is 1. The number of fused-ring (bicyclic) bond motifs is 1. The zero-order valence-corrected chi connectivity index (χ0v) is 11.5. The summed E-state index contributed by atoms with van der Waals surface area (Å²) in [6, 6.07) is 1.49. The van der Waals surface area contributed by atoms with Crippen LogP contribution in [0.1, 0.15) is 18.4 Å². The molecule has 1 aliphatic carbocycles. The lowest BCUT2D eigenvalue weighted by atomic mass is 10.2. The Balaban J connectivity index is 1.50. The van der Waals surface area contributed by atoms with E-state index in [4.69, 9.17) is 0 Å². The topological polar surface area (TPSA) is 65.1 Å². The second kappa shape index (κ2) is 4.87. The minimum Gasteiger partial charge on any atom is -0.356 e. The molecule has 0 atom stereocenters. The molecule has 0 saturated heterocycles. The zero-order chi connectivity index (χ0) is 14.2. The Labute approximate surface area is 121 Å². The fourth-order valence-electron chi connectivity index (χ4n) is 2.45. The number of guanidine groups is 1.